The first kappa shape index (κ1) is 16.7. The van der Waals surface area contributed by atoms with Crippen molar-refractivity contribution in [2.24, 2.45) is 0 Å². The molecule has 0 spiro atoms. The molecule has 0 aromatic carbocycles. The summed E-state index contributed by atoms with van der Waals surface area (Å²) in [5.41, 5.74) is 0. The molecule has 2 rings (SSSR count). The lowest BCUT2D eigenvalue weighted by Gasteiger charge is -2.32. The average Bonchev–Trinajstić information content (AvgIpc) is 3.00. The lowest BCUT2D eigenvalue weighted by molar-refractivity contribution is -0.131. The largest absolute Gasteiger partial charge is 0.384 e. The Bertz CT molecular complexity index is 439. The summed E-state index contributed by atoms with van der Waals surface area (Å²) in [6.07, 6.45) is 2.66. The Morgan fingerprint density at radius 3 is 2.62 bits per heavy atom. The van der Waals surface area contributed by atoms with E-state index in [1.165, 1.54) is 11.4 Å². The fourth-order valence-corrected chi connectivity index (χ4v) is 4.08. The maximum Gasteiger partial charge on any atom is 0.249 e. The lowest BCUT2D eigenvalue weighted by Crippen LogP contribution is -2.49. The van der Waals surface area contributed by atoms with Gasteiger partial charge in [-0.2, -0.15) is 0 Å². The van der Waals surface area contributed by atoms with Crippen LogP contribution >= 0.6 is 0 Å². The summed E-state index contributed by atoms with van der Waals surface area (Å²) in [5, 5.41) is 2.97. The van der Waals surface area contributed by atoms with E-state index in [0.29, 0.717) is 32.5 Å². The first-order chi connectivity index (χ1) is 10.0. The zero-order valence-electron chi connectivity index (χ0n) is 12.4. The predicted molar refractivity (Wildman–Crippen MR) is 77.4 cm³/mol. The zero-order chi connectivity index (χ0) is 15.3. The zero-order valence-corrected chi connectivity index (χ0v) is 13.2. The fraction of sp³-hybridized carbons (Fsp3) is 0.923. The Kier molecular flexibility index (Phi) is 5.98. The predicted octanol–water partition coefficient (Wildman–Crippen LogP) is -0.278. The van der Waals surface area contributed by atoms with Gasteiger partial charge in [0.2, 0.25) is 15.9 Å². The van der Waals surface area contributed by atoms with Gasteiger partial charge in [0.25, 0.3) is 0 Å². The van der Waals surface area contributed by atoms with Gasteiger partial charge in [0, 0.05) is 32.8 Å². The minimum absolute atomic E-state index is 0.0104. The second-order valence-corrected chi connectivity index (χ2v) is 7.58. The van der Waals surface area contributed by atoms with Crippen molar-refractivity contribution in [3.05, 3.63) is 0 Å². The third-order valence-electron chi connectivity index (χ3n) is 3.96. The second-order valence-electron chi connectivity index (χ2n) is 5.49. The molecule has 1 unspecified atom stereocenters. The first-order valence-corrected chi connectivity index (χ1v) is 9.02. The number of hydrogen-bond donors (Lipinski definition) is 1. The van der Waals surface area contributed by atoms with E-state index in [0.717, 1.165) is 12.8 Å². The van der Waals surface area contributed by atoms with Crippen molar-refractivity contribution >= 4 is 15.9 Å². The lowest BCUT2D eigenvalue weighted by atomic mass is 10.1. The van der Waals surface area contributed by atoms with Crippen molar-refractivity contribution < 1.29 is 22.7 Å². The Morgan fingerprint density at radius 2 is 2.05 bits per heavy atom. The molecule has 0 aromatic heterocycles. The summed E-state index contributed by atoms with van der Waals surface area (Å²) < 4.78 is 35.7. The van der Waals surface area contributed by atoms with Crippen LogP contribution in [-0.2, 0) is 24.3 Å². The smallest absolute Gasteiger partial charge is 0.249 e. The van der Waals surface area contributed by atoms with Crippen LogP contribution in [-0.4, -0.2) is 69.9 Å². The highest BCUT2D eigenvalue weighted by Crippen LogP contribution is 2.17. The molecule has 2 saturated heterocycles. The van der Waals surface area contributed by atoms with E-state index < -0.39 is 10.0 Å². The first-order valence-electron chi connectivity index (χ1n) is 7.41. The van der Waals surface area contributed by atoms with Crippen molar-refractivity contribution in [1.29, 1.82) is 0 Å². The summed E-state index contributed by atoms with van der Waals surface area (Å²) >= 11 is 0. The van der Waals surface area contributed by atoms with E-state index in [1.54, 1.807) is 0 Å². The number of methoxy groups -OCH3 is 1. The van der Waals surface area contributed by atoms with Crippen molar-refractivity contribution in [2.45, 2.75) is 37.8 Å². The minimum Gasteiger partial charge on any atom is -0.384 e. The van der Waals surface area contributed by atoms with Crippen molar-refractivity contribution in [3.8, 4) is 0 Å². The van der Waals surface area contributed by atoms with Crippen LogP contribution in [0.5, 0.6) is 0 Å². The fourth-order valence-electron chi connectivity index (χ4n) is 2.67. The van der Waals surface area contributed by atoms with E-state index in [9.17, 15) is 13.2 Å². The molecule has 2 aliphatic heterocycles. The molecule has 7 nitrogen and oxygen atoms in total. The monoisotopic (exact) mass is 320 g/mol. The van der Waals surface area contributed by atoms with Crippen LogP contribution in [0.3, 0.4) is 0 Å². The van der Waals surface area contributed by atoms with E-state index >= 15 is 0 Å². The molecule has 2 aliphatic rings. The number of hydrogen-bond acceptors (Lipinski definition) is 5. The van der Waals surface area contributed by atoms with E-state index in [-0.39, 0.29) is 30.4 Å². The number of rotatable bonds is 6. The molecule has 0 saturated carbocycles. The molecule has 21 heavy (non-hydrogen) atoms. The van der Waals surface area contributed by atoms with Gasteiger partial charge < -0.3 is 14.8 Å². The molecule has 0 aliphatic carbocycles. The van der Waals surface area contributed by atoms with Gasteiger partial charge in [0.15, 0.2) is 0 Å². The van der Waals surface area contributed by atoms with Gasteiger partial charge in [-0.25, -0.2) is 12.7 Å². The maximum absolute atomic E-state index is 12.0. The number of amides is 1. The third kappa shape index (κ3) is 4.64. The average molecular weight is 320 g/mol. The minimum atomic E-state index is -3.24. The van der Waals surface area contributed by atoms with Gasteiger partial charge in [-0.3, -0.25) is 4.79 Å². The molecule has 2 heterocycles. The quantitative estimate of drug-likeness (QED) is 0.728. The summed E-state index contributed by atoms with van der Waals surface area (Å²) in [5.74, 6) is -0.0515. The van der Waals surface area contributed by atoms with Crippen molar-refractivity contribution in [2.75, 3.05) is 39.2 Å². The van der Waals surface area contributed by atoms with Gasteiger partial charge in [-0.05, 0) is 25.7 Å². The molecule has 1 N–H and O–H groups in total. The number of piperidine rings is 1. The van der Waals surface area contributed by atoms with Crippen LogP contribution < -0.4 is 5.32 Å². The molecular weight excluding hydrogens is 296 g/mol. The van der Waals surface area contributed by atoms with E-state index in [4.69, 9.17) is 9.47 Å². The highest BCUT2D eigenvalue weighted by Gasteiger charge is 2.30. The van der Waals surface area contributed by atoms with Crippen LogP contribution in [0.1, 0.15) is 25.7 Å². The highest BCUT2D eigenvalue weighted by molar-refractivity contribution is 7.89. The Hall–Kier alpha value is -0.700. The standard InChI is InChI=1S/C13H24N2O5S/c1-19-9-10-21(17,18)15-6-4-11(5-7-15)14-13(16)12-3-2-8-20-12/h11-12H,2-10H2,1H3,(H,14,16). The normalized spacial score (nSPS) is 25.1. The number of carbonyl (C=O) groups excluding carboxylic acids is 1. The topological polar surface area (TPSA) is 84.9 Å². The molecule has 0 aromatic rings. The molecule has 1 amide bonds. The highest BCUT2D eigenvalue weighted by atomic mass is 32.2. The van der Waals surface area contributed by atoms with Crippen molar-refractivity contribution in [3.63, 3.8) is 0 Å². The van der Waals surface area contributed by atoms with Crippen LogP contribution in [0.15, 0.2) is 0 Å². The van der Waals surface area contributed by atoms with Crippen molar-refractivity contribution in [1.82, 2.24) is 9.62 Å². The van der Waals surface area contributed by atoms with Gasteiger partial charge >= 0.3 is 0 Å². The Labute approximate surface area is 126 Å². The summed E-state index contributed by atoms with van der Waals surface area (Å²) in [6, 6.07) is 0.0376. The number of ether oxygens (including phenoxy) is 2. The number of nitrogens with one attached hydrogen (secondary N) is 1. The maximum atomic E-state index is 12.0. The van der Waals surface area contributed by atoms with E-state index in [2.05, 4.69) is 5.32 Å². The number of carbonyl (C=O) groups is 1. The van der Waals surface area contributed by atoms with E-state index in [1.807, 2.05) is 0 Å². The molecule has 0 radical (unpaired) electrons. The SMILES string of the molecule is COCCS(=O)(=O)N1CCC(NC(=O)C2CCCO2)CC1. The van der Waals surface area contributed by atoms with Gasteiger partial charge in [0.05, 0.1) is 12.4 Å². The number of nitrogens with zero attached hydrogens (tertiary/aromatic N) is 1. The summed E-state index contributed by atoms with van der Waals surface area (Å²) in [6.45, 7) is 1.75. The van der Waals surface area contributed by atoms with Gasteiger partial charge in [-0.15, -0.1) is 0 Å². The molecule has 1 atom stereocenters. The number of sulfonamides is 1. The molecular formula is C13H24N2O5S. The molecule has 2 fully saturated rings. The van der Waals surface area contributed by atoms with Crippen LogP contribution in [0.4, 0.5) is 0 Å². The second kappa shape index (κ2) is 7.53. The van der Waals surface area contributed by atoms with Crippen LogP contribution in [0, 0.1) is 0 Å². The van der Waals surface area contributed by atoms with Gasteiger partial charge in [0.1, 0.15) is 6.10 Å². The molecule has 8 heteroatoms. The molecule has 122 valence electrons. The molecule has 0 bridgehead atoms. The summed E-state index contributed by atoms with van der Waals surface area (Å²) in [4.78, 5) is 11.9. The van der Waals surface area contributed by atoms with Crippen LogP contribution in [0.2, 0.25) is 0 Å². The third-order valence-corrected chi connectivity index (χ3v) is 5.80. The van der Waals surface area contributed by atoms with Gasteiger partial charge in [-0.1, -0.05) is 0 Å². The Balaban J connectivity index is 1.76. The van der Waals surface area contributed by atoms with Crippen LogP contribution in [0.25, 0.3) is 0 Å². The Morgan fingerprint density at radius 1 is 1.33 bits per heavy atom. The summed E-state index contributed by atoms with van der Waals surface area (Å²) in [7, 11) is -1.75.